The summed E-state index contributed by atoms with van der Waals surface area (Å²) in [5.74, 6) is 5.97. The molecule has 0 radical (unpaired) electrons. The van der Waals surface area contributed by atoms with Gasteiger partial charge in [-0.3, -0.25) is 42.5 Å². The number of rotatable bonds is 0. The van der Waals surface area contributed by atoms with Crippen molar-refractivity contribution in [3.63, 3.8) is 0 Å². The zero-order valence-corrected chi connectivity index (χ0v) is 31.8. The quantitative estimate of drug-likeness (QED) is 0.122. The normalized spacial score (nSPS) is 52.4. The molecule has 8 atom stereocenters. The van der Waals surface area contributed by atoms with Crippen LogP contribution in [0.25, 0.3) is 0 Å². The summed E-state index contributed by atoms with van der Waals surface area (Å²) in [5.41, 5.74) is 0. The van der Waals surface area contributed by atoms with Crippen LogP contribution in [-0.4, -0.2) is 49.3 Å². The molecule has 9 aliphatic rings. The summed E-state index contributed by atoms with van der Waals surface area (Å²) in [6, 6.07) is 0. The van der Waals surface area contributed by atoms with Gasteiger partial charge in [0.1, 0.15) is 0 Å². The van der Waals surface area contributed by atoms with Gasteiger partial charge in [-0.25, -0.2) is 0 Å². The molecule has 12 heteroatoms. The number of fused-ring (bicyclic) bond motifs is 20. The summed E-state index contributed by atoms with van der Waals surface area (Å²) in [4.78, 5) is 0. The third kappa shape index (κ3) is 6.60. The first-order valence-electron chi connectivity index (χ1n) is 17.9. The van der Waals surface area contributed by atoms with Crippen molar-refractivity contribution in [1.82, 2.24) is 42.5 Å². The Balaban J connectivity index is 0.000000960. The van der Waals surface area contributed by atoms with Crippen molar-refractivity contribution in [2.75, 3.05) is 0 Å². The average molecular weight is 852 g/mol. The van der Waals surface area contributed by atoms with E-state index in [-0.39, 0.29) is 67.7 Å². The van der Waals surface area contributed by atoms with Crippen LogP contribution in [0.1, 0.15) is 103 Å². The van der Waals surface area contributed by atoms with Crippen LogP contribution < -0.4 is 93.5 Å². The molecule has 5 saturated heterocycles. The largest absolute Gasteiger partial charge is 3.00 e. The van der Waals surface area contributed by atoms with Crippen LogP contribution in [-0.2, 0) is 16.8 Å². The second-order valence-corrected chi connectivity index (χ2v) is 15.6. The van der Waals surface area contributed by atoms with E-state index in [1.165, 1.54) is 103 Å². The van der Waals surface area contributed by atoms with Gasteiger partial charge in [-0.05, 0) is 98.7 Å². The SMILES string of the molecule is C1CCC2C3NC(NC4NC(NC5NC(NC6NC(N3)C3CCCCC63)C3CCCCC53)C3CCCCC43)C2C1.[Br-].[Br-].[Br-].[Co+3]. The van der Waals surface area contributed by atoms with Crippen molar-refractivity contribution in [2.24, 2.45) is 47.3 Å². The minimum atomic E-state index is 0. The van der Waals surface area contributed by atoms with Crippen LogP contribution in [0.3, 0.4) is 0 Å². The molecule has 254 valence electrons. The van der Waals surface area contributed by atoms with Crippen LogP contribution >= 0.6 is 0 Å². The molecule has 0 aromatic carbocycles. The maximum Gasteiger partial charge on any atom is 3.00 e. The van der Waals surface area contributed by atoms with E-state index in [1.54, 1.807) is 0 Å². The van der Waals surface area contributed by atoms with Crippen molar-refractivity contribution < 1.29 is 67.7 Å². The Labute approximate surface area is 307 Å². The molecule has 0 aromatic heterocycles. The summed E-state index contributed by atoms with van der Waals surface area (Å²) in [7, 11) is 0. The number of nitrogens with one attached hydrogen (secondary N) is 8. The van der Waals surface area contributed by atoms with Gasteiger partial charge in [0, 0.05) is 0 Å². The first-order chi connectivity index (χ1) is 19.8. The van der Waals surface area contributed by atoms with Crippen LogP contribution in [0.5, 0.6) is 0 Å². The summed E-state index contributed by atoms with van der Waals surface area (Å²) >= 11 is 0. The van der Waals surface area contributed by atoms with E-state index in [2.05, 4.69) is 42.5 Å². The Kier molecular flexibility index (Phi) is 13.1. The summed E-state index contributed by atoms with van der Waals surface area (Å²) in [5, 5.41) is 33.8. The number of hydrogen-bond acceptors (Lipinski definition) is 8. The van der Waals surface area contributed by atoms with Crippen LogP contribution in [0, 0.1) is 47.3 Å². The van der Waals surface area contributed by atoms with Gasteiger partial charge in [0.05, 0.1) is 49.3 Å². The van der Waals surface area contributed by atoms with E-state index < -0.39 is 0 Å². The Morgan fingerprint density at radius 1 is 0.227 bits per heavy atom. The van der Waals surface area contributed by atoms with Crippen LogP contribution in [0.15, 0.2) is 0 Å². The van der Waals surface area contributed by atoms with E-state index in [9.17, 15) is 0 Å². The molecule has 0 amide bonds. The number of halogens is 3. The molecule has 8 bridgehead atoms. The molecule has 0 aromatic rings. The van der Waals surface area contributed by atoms with Gasteiger partial charge < -0.3 is 50.9 Å². The molecule has 9 fully saturated rings. The van der Waals surface area contributed by atoms with Gasteiger partial charge in [0.15, 0.2) is 0 Å². The molecule has 8 unspecified atom stereocenters. The molecule has 5 heterocycles. The van der Waals surface area contributed by atoms with Gasteiger partial charge >= 0.3 is 16.8 Å². The zero-order valence-electron chi connectivity index (χ0n) is 26.0. The Hall–Kier alpha value is 1.63. The fourth-order valence-electron chi connectivity index (χ4n) is 12.0. The van der Waals surface area contributed by atoms with Gasteiger partial charge in [0.25, 0.3) is 0 Å². The third-order valence-corrected chi connectivity index (χ3v) is 13.8. The molecule has 9 rings (SSSR count). The summed E-state index contributed by atoms with van der Waals surface area (Å²) in [6.07, 6.45) is 25.6. The van der Waals surface area contributed by atoms with Gasteiger partial charge in [-0.1, -0.05) is 51.4 Å². The first kappa shape index (κ1) is 36.9. The van der Waals surface area contributed by atoms with Gasteiger partial charge in [-0.15, -0.1) is 0 Å². The average Bonchev–Trinajstić information content (AvgIpc) is 3.73. The molecule has 44 heavy (non-hydrogen) atoms. The molecule has 0 spiro atoms. The minimum absolute atomic E-state index is 0. The maximum atomic E-state index is 4.26. The molecule has 8 nitrogen and oxygen atoms in total. The molecular formula is C32H56Br3CoN8. The first-order valence-corrected chi connectivity index (χ1v) is 17.9. The van der Waals surface area contributed by atoms with E-state index >= 15 is 0 Å². The minimum Gasteiger partial charge on any atom is -1.00 e. The van der Waals surface area contributed by atoms with Crippen molar-refractivity contribution in [3.8, 4) is 0 Å². The van der Waals surface area contributed by atoms with Crippen LogP contribution in [0.2, 0.25) is 0 Å². The summed E-state index contributed by atoms with van der Waals surface area (Å²) in [6.45, 7) is 0. The second-order valence-electron chi connectivity index (χ2n) is 15.6. The Bertz CT molecular complexity index is 732. The van der Waals surface area contributed by atoms with Crippen molar-refractivity contribution in [3.05, 3.63) is 0 Å². The Morgan fingerprint density at radius 3 is 0.455 bits per heavy atom. The van der Waals surface area contributed by atoms with Crippen LogP contribution in [0.4, 0.5) is 0 Å². The van der Waals surface area contributed by atoms with Gasteiger partial charge in [-0.2, -0.15) is 0 Å². The van der Waals surface area contributed by atoms with E-state index in [4.69, 9.17) is 0 Å². The Morgan fingerprint density at radius 2 is 0.341 bits per heavy atom. The smallest absolute Gasteiger partial charge is 1.00 e. The zero-order chi connectivity index (χ0) is 26.2. The van der Waals surface area contributed by atoms with E-state index in [0.29, 0.717) is 49.3 Å². The van der Waals surface area contributed by atoms with Crippen molar-refractivity contribution in [1.29, 1.82) is 0 Å². The standard InChI is InChI=1S/C32H56N8.3BrH.Co/c1-2-10-18-17(9-1)25-33-26(18)38-28-21-13-5-6-14-22(21)30(35-28)40-32-24-16-8-7-15-23(24)31(36-32)39-29-20-12-4-3-11-19(20)27(34-29)37-25;;;;/h17-40H,1-16H2;3*1H;/q;;;;+3/p-3. The maximum absolute atomic E-state index is 4.26. The number of hydrogen-bond donors (Lipinski definition) is 8. The molecule has 4 aliphatic carbocycles. The van der Waals surface area contributed by atoms with E-state index in [1.807, 2.05) is 0 Å². The monoisotopic (exact) mass is 848 g/mol. The van der Waals surface area contributed by atoms with Gasteiger partial charge in [0.2, 0.25) is 0 Å². The molecule has 5 aliphatic heterocycles. The predicted octanol–water partition coefficient (Wildman–Crippen LogP) is -6.38. The molecule has 8 N–H and O–H groups in total. The van der Waals surface area contributed by atoms with Crippen molar-refractivity contribution >= 4 is 0 Å². The predicted molar refractivity (Wildman–Crippen MR) is 157 cm³/mol. The third-order valence-electron chi connectivity index (χ3n) is 13.8. The molecule has 4 saturated carbocycles. The molecular weight excluding hydrogens is 795 g/mol. The summed E-state index contributed by atoms with van der Waals surface area (Å²) < 4.78 is 0. The van der Waals surface area contributed by atoms with E-state index in [0.717, 1.165) is 47.3 Å². The van der Waals surface area contributed by atoms with Crippen molar-refractivity contribution in [2.45, 2.75) is 152 Å². The fourth-order valence-corrected chi connectivity index (χ4v) is 12.0. The fraction of sp³-hybridized carbons (Fsp3) is 1.00. The topological polar surface area (TPSA) is 96.2 Å². The second kappa shape index (κ2) is 15.7.